The second-order valence-corrected chi connectivity index (χ2v) is 7.66. The van der Waals surface area contributed by atoms with E-state index in [0.29, 0.717) is 23.4 Å². The molecule has 0 aromatic heterocycles. The monoisotopic (exact) mass is 416 g/mol. The predicted molar refractivity (Wildman–Crippen MR) is 109 cm³/mol. The number of rotatable bonds is 6. The van der Waals surface area contributed by atoms with Crippen LogP contribution in [0.2, 0.25) is 5.02 Å². The normalized spacial score (nSPS) is 14.6. The molecule has 152 valence electrons. The molecular weight excluding hydrogens is 396 g/mol. The van der Waals surface area contributed by atoms with Crippen LogP contribution >= 0.6 is 11.6 Å². The van der Waals surface area contributed by atoms with Crippen molar-refractivity contribution >= 4 is 34.9 Å². The summed E-state index contributed by atoms with van der Waals surface area (Å²) in [5, 5.41) is 14.3. The van der Waals surface area contributed by atoms with Crippen molar-refractivity contribution in [3.8, 4) is 0 Å². The minimum absolute atomic E-state index is 0.118. The molecule has 0 atom stereocenters. The molecule has 0 aliphatic heterocycles. The predicted octanol–water partition coefficient (Wildman–Crippen LogP) is 4.47. The summed E-state index contributed by atoms with van der Waals surface area (Å²) in [6.07, 6.45) is 2.16. The van der Waals surface area contributed by atoms with Gasteiger partial charge in [0, 0.05) is 11.1 Å². The number of amides is 1. The Morgan fingerprint density at radius 1 is 1.17 bits per heavy atom. The number of ether oxygens (including phenoxy) is 1. The first-order valence-electron chi connectivity index (χ1n) is 9.22. The minimum atomic E-state index is -0.768. The van der Waals surface area contributed by atoms with Crippen LogP contribution in [0.5, 0.6) is 0 Å². The van der Waals surface area contributed by atoms with Gasteiger partial charge in [-0.05, 0) is 55.5 Å². The molecule has 0 unspecified atom stereocenters. The van der Waals surface area contributed by atoms with Crippen LogP contribution < -0.4 is 5.32 Å². The maximum atomic E-state index is 12.7. The van der Waals surface area contributed by atoms with Gasteiger partial charge in [0.15, 0.2) is 6.61 Å². The lowest BCUT2D eigenvalue weighted by atomic mass is 9.64. The Kier molecular flexibility index (Phi) is 5.88. The second kappa shape index (κ2) is 8.21. The van der Waals surface area contributed by atoms with E-state index >= 15 is 0 Å². The molecule has 1 amide bonds. The number of nitrogens with zero attached hydrogens (tertiary/aromatic N) is 1. The number of hydrogen-bond acceptors (Lipinski definition) is 5. The third kappa shape index (κ3) is 4.10. The first kappa shape index (κ1) is 20.8. The van der Waals surface area contributed by atoms with Crippen molar-refractivity contribution in [2.45, 2.75) is 38.5 Å². The van der Waals surface area contributed by atoms with Crippen LogP contribution in [0.4, 0.5) is 11.4 Å². The number of benzene rings is 2. The van der Waals surface area contributed by atoms with Crippen molar-refractivity contribution < 1.29 is 19.2 Å². The van der Waals surface area contributed by atoms with Crippen molar-refractivity contribution in [1.82, 2.24) is 0 Å². The first-order chi connectivity index (χ1) is 13.7. The summed E-state index contributed by atoms with van der Waals surface area (Å²) in [6.45, 7) is 2.97. The second-order valence-electron chi connectivity index (χ2n) is 7.23. The zero-order valence-electron chi connectivity index (χ0n) is 16.2. The Balaban J connectivity index is 1.70. The lowest BCUT2D eigenvalue weighted by Crippen LogP contribution is -2.44. The fourth-order valence-electron chi connectivity index (χ4n) is 3.47. The Labute approximate surface area is 173 Å². The fraction of sp³-hybridized carbons (Fsp3) is 0.333. The van der Waals surface area contributed by atoms with Gasteiger partial charge in [-0.1, -0.05) is 36.2 Å². The van der Waals surface area contributed by atoms with E-state index in [1.54, 1.807) is 44.2 Å². The lowest BCUT2D eigenvalue weighted by molar-refractivity contribution is -0.384. The maximum Gasteiger partial charge on any atom is 0.317 e. The van der Waals surface area contributed by atoms with Crippen molar-refractivity contribution in [3.05, 3.63) is 68.2 Å². The molecule has 1 saturated carbocycles. The first-order valence-corrected chi connectivity index (χ1v) is 9.60. The fourth-order valence-corrected chi connectivity index (χ4v) is 3.59. The highest BCUT2D eigenvalue weighted by molar-refractivity contribution is 6.30. The Morgan fingerprint density at radius 3 is 2.38 bits per heavy atom. The molecule has 1 fully saturated rings. The summed E-state index contributed by atoms with van der Waals surface area (Å²) in [7, 11) is 0. The van der Waals surface area contributed by atoms with Gasteiger partial charge in [-0.2, -0.15) is 0 Å². The van der Waals surface area contributed by atoms with Gasteiger partial charge in [-0.3, -0.25) is 19.7 Å². The molecule has 0 bridgehead atoms. The molecule has 7 nitrogen and oxygen atoms in total. The van der Waals surface area contributed by atoms with Gasteiger partial charge in [0.25, 0.3) is 11.6 Å². The zero-order valence-corrected chi connectivity index (χ0v) is 16.9. The van der Waals surface area contributed by atoms with Gasteiger partial charge < -0.3 is 10.1 Å². The molecule has 0 heterocycles. The Hall–Kier alpha value is -2.93. The zero-order chi connectivity index (χ0) is 21.2. The van der Waals surface area contributed by atoms with E-state index in [0.717, 1.165) is 17.5 Å². The summed E-state index contributed by atoms with van der Waals surface area (Å²) in [6, 6.07) is 9.99. The van der Waals surface area contributed by atoms with Gasteiger partial charge in [-0.25, -0.2) is 0 Å². The number of halogens is 1. The molecular formula is C21H21ClN2O5. The van der Waals surface area contributed by atoms with E-state index in [9.17, 15) is 19.7 Å². The third-order valence-electron chi connectivity index (χ3n) is 5.50. The smallest absolute Gasteiger partial charge is 0.317 e. The Bertz CT molecular complexity index is 968. The highest BCUT2D eigenvalue weighted by Gasteiger charge is 2.47. The van der Waals surface area contributed by atoms with Crippen molar-refractivity contribution in [1.29, 1.82) is 0 Å². The standard InChI is InChI=1S/C21H21ClN2O5/c1-13-4-9-17(24(27)28)19(14(13)2)23-18(25)12-29-20(26)21(10-3-11-21)15-5-7-16(22)8-6-15/h4-9H,3,10-12H2,1-2H3,(H,23,25). The minimum Gasteiger partial charge on any atom is -0.455 e. The third-order valence-corrected chi connectivity index (χ3v) is 5.76. The van der Waals surface area contributed by atoms with Crippen LogP contribution in [0.15, 0.2) is 36.4 Å². The molecule has 1 N–H and O–H groups in total. The van der Waals surface area contributed by atoms with E-state index in [4.69, 9.17) is 16.3 Å². The van der Waals surface area contributed by atoms with Gasteiger partial charge in [0.1, 0.15) is 5.69 Å². The van der Waals surface area contributed by atoms with E-state index in [1.807, 2.05) is 0 Å². The average Bonchev–Trinajstić information content (AvgIpc) is 2.64. The number of carbonyl (C=O) groups is 2. The lowest BCUT2D eigenvalue weighted by Gasteiger charge is -2.39. The van der Waals surface area contributed by atoms with E-state index < -0.39 is 28.8 Å². The molecule has 29 heavy (non-hydrogen) atoms. The van der Waals surface area contributed by atoms with Gasteiger partial charge in [0.05, 0.1) is 10.3 Å². The number of nitrogens with one attached hydrogen (secondary N) is 1. The average molecular weight is 417 g/mol. The van der Waals surface area contributed by atoms with E-state index in [-0.39, 0.29) is 11.4 Å². The molecule has 8 heteroatoms. The molecule has 1 aliphatic carbocycles. The van der Waals surface area contributed by atoms with Crippen LogP contribution in [-0.4, -0.2) is 23.4 Å². The highest BCUT2D eigenvalue weighted by atomic mass is 35.5. The SMILES string of the molecule is Cc1ccc([N+](=O)[O-])c(NC(=O)COC(=O)C2(c3ccc(Cl)cc3)CCC2)c1C. The molecule has 0 spiro atoms. The maximum absolute atomic E-state index is 12.7. The summed E-state index contributed by atoms with van der Waals surface area (Å²) in [4.78, 5) is 35.8. The summed E-state index contributed by atoms with van der Waals surface area (Å²) in [5.74, 6) is -1.10. The summed E-state index contributed by atoms with van der Waals surface area (Å²) < 4.78 is 5.28. The molecule has 1 aliphatic rings. The van der Waals surface area contributed by atoms with E-state index in [1.165, 1.54) is 6.07 Å². The number of anilines is 1. The van der Waals surface area contributed by atoms with Crippen LogP contribution in [0, 0.1) is 24.0 Å². The number of nitro groups is 1. The molecule has 0 radical (unpaired) electrons. The van der Waals surface area contributed by atoms with Crippen LogP contribution in [-0.2, 0) is 19.7 Å². The summed E-state index contributed by atoms with van der Waals surface area (Å²) in [5.41, 5.74) is 1.35. The van der Waals surface area contributed by atoms with Gasteiger partial charge in [-0.15, -0.1) is 0 Å². The molecule has 3 rings (SSSR count). The summed E-state index contributed by atoms with van der Waals surface area (Å²) >= 11 is 5.92. The number of aryl methyl sites for hydroxylation is 1. The number of carbonyl (C=O) groups excluding carboxylic acids is 2. The number of hydrogen-bond donors (Lipinski definition) is 1. The number of nitro benzene ring substituents is 1. The van der Waals surface area contributed by atoms with Gasteiger partial charge in [0.2, 0.25) is 0 Å². The number of esters is 1. The van der Waals surface area contributed by atoms with Crippen LogP contribution in [0.1, 0.15) is 36.0 Å². The molecule has 0 saturated heterocycles. The Morgan fingerprint density at radius 2 is 1.83 bits per heavy atom. The highest BCUT2D eigenvalue weighted by Crippen LogP contribution is 2.45. The van der Waals surface area contributed by atoms with Crippen LogP contribution in [0.3, 0.4) is 0 Å². The quantitative estimate of drug-likeness (QED) is 0.425. The van der Waals surface area contributed by atoms with Gasteiger partial charge >= 0.3 is 5.97 Å². The van der Waals surface area contributed by atoms with Crippen molar-refractivity contribution in [2.75, 3.05) is 11.9 Å². The topological polar surface area (TPSA) is 98.5 Å². The largest absolute Gasteiger partial charge is 0.455 e. The van der Waals surface area contributed by atoms with Crippen LogP contribution in [0.25, 0.3) is 0 Å². The molecule has 2 aromatic carbocycles. The van der Waals surface area contributed by atoms with Crippen molar-refractivity contribution in [3.63, 3.8) is 0 Å². The molecule has 2 aromatic rings. The van der Waals surface area contributed by atoms with E-state index in [2.05, 4.69) is 5.32 Å². The van der Waals surface area contributed by atoms with Crippen molar-refractivity contribution in [2.24, 2.45) is 0 Å².